The smallest absolute Gasteiger partial charge is 0.338 e. The minimum Gasteiger partial charge on any atom is -0.491 e. The maximum absolute atomic E-state index is 13.9. The number of nitrogens with zero attached hydrogens (tertiary/aromatic N) is 5. The Balaban J connectivity index is 1.36. The Morgan fingerprint density at radius 3 is 2.74 bits per heavy atom. The molecule has 43 heavy (non-hydrogen) atoms. The molecular weight excluding hydrogens is 586 g/mol. The van der Waals surface area contributed by atoms with E-state index in [0.717, 1.165) is 29.5 Å². The number of hydrogen-bond acceptors (Lipinski definition) is 8. The Morgan fingerprint density at radius 1 is 1.23 bits per heavy atom. The average Bonchev–Trinajstić information content (AvgIpc) is 3.58. The Morgan fingerprint density at radius 2 is 2.02 bits per heavy atom. The molecule has 0 radical (unpaired) electrons. The van der Waals surface area contributed by atoms with Gasteiger partial charge < -0.3 is 14.7 Å². The van der Waals surface area contributed by atoms with E-state index < -0.39 is 5.97 Å². The molecule has 0 saturated carbocycles. The molecule has 218 valence electrons. The second-order valence-electron chi connectivity index (χ2n) is 10.9. The van der Waals surface area contributed by atoms with Crippen LogP contribution in [0, 0.1) is 25.2 Å². The first kappa shape index (κ1) is 28.8. The van der Waals surface area contributed by atoms with Crippen molar-refractivity contribution in [2.45, 2.75) is 39.3 Å². The zero-order valence-electron chi connectivity index (χ0n) is 24.1. The fourth-order valence-electron chi connectivity index (χ4n) is 6.05. The summed E-state index contributed by atoms with van der Waals surface area (Å²) in [5.74, 6) is 0.0319. The van der Waals surface area contributed by atoms with Gasteiger partial charge in [0.15, 0.2) is 0 Å². The van der Waals surface area contributed by atoms with E-state index in [4.69, 9.17) is 21.3 Å². The maximum atomic E-state index is 13.9. The zero-order valence-corrected chi connectivity index (χ0v) is 25.6. The van der Waals surface area contributed by atoms with E-state index in [1.165, 1.54) is 11.3 Å². The molecule has 3 heterocycles. The van der Waals surface area contributed by atoms with Crippen LogP contribution >= 0.6 is 22.9 Å². The number of aryl methyl sites for hydroxylation is 3. The maximum Gasteiger partial charge on any atom is 0.338 e. The number of fused-ring (bicyclic) bond motifs is 3. The van der Waals surface area contributed by atoms with Crippen LogP contribution in [0.1, 0.15) is 51.0 Å². The Kier molecular flexibility index (Phi) is 7.42. The third kappa shape index (κ3) is 4.93. The quantitative estimate of drug-likeness (QED) is 0.232. The van der Waals surface area contributed by atoms with Crippen molar-refractivity contribution in [3.8, 4) is 22.9 Å². The standard InChI is InChI=1S/C32H28ClN5O4S/c1-16-11-21(30-29(35-16)23(15-43-30)32(40)41)20-13-19(33)6-8-26(20)42-10-9-38-17(2)36-24-12-18-5-7-25(37(3)4)27(18)22(14-34)28(24)31(38)39/h6,8,11-13,15,25H,5,7,9-10H2,1-4H3,(H,40,41). The normalized spacial score (nSPS) is 14.4. The Hall–Kier alpha value is -4.30. The molecule has 11 heteroatoms. The summed E-state index contributed by atoms with van der Waals surface area (Å²) in [5.41, 5.74) is 5.37. The third-order valence-electron chi connectivity index (χ3n) is 8.01. The van der Waals surface area contributed by atoms with E-state index >= 15 is 0 Å². The molecular formula is C32H28ClN5O4S. The number of halogens is 1. The summed E-state index contributed by atoms with van der Waals surface area (Å²) < 4.78 is 8.51. The number of aromatic nitrogens is 3. The van der Waals surface area contributed by atoms with Crippen molar-refractivity contribution in [3.05, 3.63) is 84.9 Å². The molecule has 6 rings (SSSR count). The number of thiophene rings is 1. The van der Waals surface area contributed by atoms with Crippen molar-refractivity contribution in [3.63, 3.8) is 0 Å². The molecule has 0 fully saturated rings. The number of ether oxygens (including phenoxy) is 1. The van der Waals surface area contributed by atoms with Crippen molar-refractivity contribution < 1.29 is 14.6 Å². The minimum atomic E-state index is -1.04. The predicted octanol–water partition coefficient (Wildman–Crippen LogP) is 6.14. The van der Waals surface area contributed by atoms with Crippen LogP contribution in [0.15, 0.2) is 40.5 Å². The van der Waals surface area contributed by atoms with E-state index in [2.05, 4.69) is 16.0 Å². The average molecular weight is 614 g/mol. The molecule has 1 aliphatic rings. The van der Waals surface area contributed by atoms with Gasteiger partial charge in [-0.15, -0.1) is 11.3 Å². The van der Waals surface area contributed by atoms with Gasteiger partial charge >= 0.3 is 5.97 Å². The van der Waals surface area contributed by atoms with Gasteiger partial charge in [-0.3, -0.25) is 14.3 Å². The monoisotopic (exact) mass is 613 g/mol. The number of carboxylic acids is 1. The van der Waals surface area contributed by atoms with Gasteiger partial charge in [0, 0.05) is 33.3 Å². The topological polar surface area (TPSA) is 121 Å². The summed E-state index contributed by atoms with van der Waals surface area (Å²) in [4.78, 5) is 36.9. The lowest BCUT2D eigenvalue weighted by molar-refractivity contribution is 0.0699. The molecule has 2 aromatic carbocycles. The van der Waals surface area contributed by atoms with Gasteiger partial charge in [0.25, 0.3) is 5.56 Å². The van der Waals surface area contributed by atoms with Gasteiger partial charge in [-0.05, 0) is 82.2 Å². The van der Waals surface area contributed by atoms with Crippen LogP contribution in [-0.4, -0.2) is 51.2 Å². The summed E-state index contributed by atoms with van der Waals surface area (Å²) in [6.07, 6.45) is 1.74. The van der Waals surface area contributed by atoms with E-state index in [9.17, 15) is 20.0 Å². The largest absolute Gasteiger partial charge is 0.491 e. The predicted molar refractivity (Wildman–Crippen MR) is 167 cm³/mol. The first-order valence-electron chi connectivity index (χ1n) is 13.8. The molecule has 0 aliphatic heterocycles. The third-order valence-corrected chi connectivity index (χ3v) is 9.24. The highest BCUT2D eigenvalue weighted by molar-refractivity contribution is 7.18. The summed E-state index contributed by atoms with van der Waals surface area (Å²) in [5, 5.41) is 22.2. The van der Waals surface area contributed by atoms with Gasteiger partial charge in [0.1, 0.15) is 24.3 Å². The highest BCUT2D eigenvalue weighted by atomic mass is 35.5. The minimum absolute atomic E-state index is 0.0769. The van der Waals surface area contributed by atoms with Crippen LogP contribution in [0.2, 0.25) is 5.02 Å². The van der Waals surface area contributed by atoms with Crippen LogP contribution in [0.5, 0.6) is 5.75 Å². The number of nitriles is 1. The number of benzene rings is 2. The summed E-state index contributed by atoms with van der Waals surface area (Å²) in [6, 6.07) is 11.5. The molecule has 0 amide bonds. The van der Waals surface area contributed by atoms with E-state index in [0.29, 0.717) is 54.5 Å². The first-order valence-corrected chi connectivity index (χ1v) is 15.0. The van der Waals surface area contributed by atoms with Crippen molar-refractivity contribution in [1.82, 2.24) is 19.4 Å². The number of pyridine rings is 1. The van der Waals surface area contributed by atoms with Crippen LogP contribution in [0.4, 0.5) is 0 Å². The van der Waals surface area contributed by atoms with Crippen LogP contribution in [0.3, 0.4) is 0 Å². The van der Waals surface area contributed by atoms with Gasteiger partial charge in [-0.2, -0.15) is 5.26 Å². The lowest BCUT2D eigenvalue weighted by Gasteiger charge is -2.22. The lowest BCUT2D eigenvalue weighted by Crippen LogP contribution is -2.28. The fraction of sp³-hybridized carbons (Fsp3) is 0.281. The molecule has 1 N–H and O–H groups in total. The van der Waals surface area contributed by atoms with Crippen LogP contribution < -0.4 is 10.3 Å². The molecule has 1 atom stereocenters. The second kappa shape index (κ2) is 11.1. The molecule has 3 aromatic heterocycles. The van der Waals surface area contributed by atoms with Gasteiger partial charge in [0.05, 0.1) is 38.8 Å². The highest BCUT2D eigenvalue weighted by Gasteiger charge is 2.30. The first-order chi connectivity index (χ1) is 20.6. The van der Waals surface area contributed by atoms with Crippen molar-refractivity contribution in [2.75, 3.05) is 20.7 Å². The molecule has 0 bridgehead atoms. The van der Waals surface area contributed by atoms with Crippen molar-refractivity contribution in [2.24, 2.45) is 0 Å². The second-order valence-corrected chi connectivity index (χ2v) is 12.2. The Bertz CT molecular complexity index is 2060. The molecule has 0 spiro atoms. The molecule has 1 aliphatic carbocycles. The fourth-order valence-corrected chi connectivity index (χ4v) is 7.24. The lowest BCUT2D eigenvalue weighted by atomic mass is 9.97. The van der Waals surface area contributed by atoms with Gasteiger partial charge in [-0.1, -0.05) is 11.6 Å². The van der Waals surface area contributed by atoms with Crippen LogP contribution in [-0.2, 0) is 13.0 Å². The van der Waals surface area contributed by atoms with E-state index in [1.54, 1.807) is 35.1 Å². The van der Waals surface area contributed by atoms with Crippen LogP contribution in [0.25, 0.3) is 32.2 Å². The number of aromatic carboxylic acids is 1. The zero-order chi connectivity index (χ0) is 30.6. The summed E-state index contributed by atoms with van der Waals surface area (Å²) in [6.45, 7) is 3.95. The molecule has 5 aromatic rings. The Labute approximate surface area is 256 Å². The van der Waals surface area contributed by atoms with Gasteiger partial charge in [-0.25, -0.2) is 9.78 Å². The SMILES string of the molecule is Cc1cc(-c2cc(Cl)ccc2OCCn2c(C)nc3cc4c(c(C#N)c3c2=O)C(N(C)C)CC4)c2scc(C(=O)O)c2n1. The number of hydrogen-bond donors (Lipinski definition) is 1. The number of carboxylic acid groups (broad SMARTS) is 1. The van der Waals surface area contributed by atoms with E-state index in [1.807, 2.05) is 33.2 Å². The summed E-state index contributed by atoms with van der Waals surface area (Å²) in [7, 11) is 3.97. The van der Waals surface area contributed by atoms with Crippen molar-refractivity contribution in [1.29, 1.82) is 5.26 Å². The van der Waals surface area contributed by atoms with Gasteiger partial charge in [0.2, 0.25) is 0 Å². The van der Waals surface area contributed by atoms with E-state index in [-0.39, 0.29) is 30.3 Å². The molecule has 0 saturated heterocycles. The summed E-state index contributed by atoms with van der Waals surface area (Å²) >= 11 is 7.70. The van der Waals surface area contributed by atoms with Crippen molar-refractivity contribution >= 4 is 50.0 Å². The number of rotatable bonds is 7. The highest BCUT2D eigenvalue weighted by Crippen LogP contribution is 2.41. The molecule has 1 unspecified atom stereocenters. The molecule has 9 nitrogen and oxygen atoms in total. The number of carbonyl (C=O) groups is 1.